The number of Topliss-reactive ketones (excluding diaryl/α,β-unsaturated/α-hetero) is 1. The number of likely N-dealkylation sites (N-methyl/N-ethyl adjacent to an activating group) is 2. The van der Waals surface area contributed by atoms with Crippen LogP contribution in [0.25, 0.3) is 10.8 Å². The molecular formula is C75H109N17O26. The van der Waals surface area contributed by atoms with Crippen LogP contribution in [0.3, 0.4) is 0 Å². The number of nitrogens with one attached hydrogen (secondary N) is 3. The maximum absolute atomic E-state index is 14.4. The molecule has 4 aromatic rings. The number of aromatic hydroxyl groups is 3. The summed E-state index contributed by atoms with van der Waals surface area (Å²) >= 11 is 0. The highest BCUT2D eigenvalue weighted by atomic mass is 16.8. The van der Waals surface area contributed by atoms with E-state index in [9.17, 15) is 90.0 Å². The van der Waals surface area contributed by atoms with Crippen LogP contribution in [0.15, 0.2) is 94.3 Å². The number of aliphatic hydroxyl groups excluding tert-OH is 8. The van der Waals surface area contributed by atoms with Gasteiger partial charge in [-0.25, -0.2) is 20.8 Å². The van der Waals surface area contributed by atoms with Gasteiger partial charge in [-0.3, -0.25) is 49.2 Å². The Balaban J connectivity index is 0.000000276. The molecule has 5 bridgehead atoms. The number of aldehydes is 1. The van der Waals surface area contributed by atoms with Crippen molar-refractivity contribution in [2.75, 3.05) is 59.3 Å². The van der Waals surface area contributed by atoms with Crippen molar-refractivity contribution in [1.29, 1.82) is 0 Å². The number of nitrogens with two attached hydrogens (primary N) is 6. The molecule has 1 saturated carbocycles. The molecule has 8 heterocycles. The number of aliphatic hydroxyl groups is 9. The zero-order chi connectivity index (χ0) is 87.9. The van der Waals surface area contributed by atoms with Crippen molar-refractivity contribution in [2.24, 2.45) is 73.3 Å². The number of anilines is 1. The number of nitrogen functional groups attached to an aromatic ring is 1. The molecule has 0 spiro atoms. The van der Waals surface area contributed by atoms with Gasteiger partial charge in [0.1, 0.15) is 90.0 Å². The number of phenols is 3. The molecule has 3 saturated heterocycles. The quantitative estimate of drug-likeness (QED) is 0.00613. The van der Waals surface area contributed by atoms with Crippen LogP contribution >= 0.6 is 0 Å². The minimum atomic E-state index is -2.38. The number of primary amides is 1. The van der Waals surface area contributed by atoms with Crippen LogP contribution in [0.5, 0.6) is 23.0 Å². The monoisotopic (exact) mass is 1660 g/mol. The maximum atomic E-state index is 14.4. The predicted octanol–water partition coefficient (Wildman–Crippen LogP) is -4.57. The van der Waals surface area contributed by atoms with Gasteiger partial charge in [0.2, 0.25) is 0 Å². The first-order valence-electron chi connectivity index (χ1n) is 37.3. The number of pyridine rings is 1. The first kappa shape index (κ1) is 94.8. The van der Waals surface area contributed by atoms with Gasteiger partial charge < -0.3 is 143 Å². The molecule has 0 unspecified atom stereocenters. The van der Waals surface area contributed by atoms with Gasteiger partial charge in [0.15, 0.2) is 42.1 Å². The number of carbonyl (C=O) groups is 6. The number of aromatic nitrogens is 3. The maximum Gasteiger partial charge on any atom is 0.312 e. The molecule has 7 aliphatic rings. The number of amides is 3. The zero-order valence-corrected chi connectivity index (χ0v) is 66.9. The molecule has 118 heavy (non-hydrogen) atoms. The molecule has 3 amide bonds. The first-order chi connectivity index (χ1) is 55.6. The van der Waals surface area contributed by atoms with E-state index in [1.807, 2.05) is 12.5 Å². The second kappa shape index (κ2) is 41.4. The topological polar surface area (TPSA) is 693 Å². The summed E-state index contributed by atoms with van der Waals surface area (Å²) in [6.07, 6.45) is -5.18. The average molecular weight is 1660 g/mol. The van der Waals surface area contributed by atoms with Crippen LogP contribution in [-0.2, 0) is 47.5 Å². The number of guanidine groups is 2. The number of phenolic OH excluding ortho intramolecular Hbond substituents is 3. The van der Waals surface area contributed by atoms with E-state index in [4.69, 9.17) is 72.4 Å². The Morgan fingerprint density at radius 2 is 1.41 bits per heavy atom. The molecule has 11 rings (SSSR count). The third-order valence-corrected chi connectivity index (χ3v) is 21.1. The Bertz CT molecular complexity index is 4330. The Kier molecular flexibility index (Phi) is 33.3. The van der Waals surface area contributed by atoms with E-state index >= 15 is 0 Å². The lowest BCUT2D eigenvalue weighted by atomic mass is 9.78. The van der Waals surface area contributed by atoms with Gasteiger partial charge >= 0.3 is 11.8 Å². The third kappa shape index (κ3) is 21.6. The van der Waals surface area contributed by atoms with Crippen molar-refractivity contribution in [1.82, 2.24) is 35.6 Å². The number of benzene rings is 2. The van der Waals surface area contributed by atoms with Crippen molar-refractivity contribution in [3.8, 4) is 23.0 Å². The summed E-state index contributed by atoms with van der Waals surface area (Å²) < 4.78 is 46.5. The number of ether oxygens (including phenoxy) is 8. The molecule has 43 nitrogen and oxygen atoms in total. The highest BCUT2D eigenvalue weighted by Crippen LogP contribution is 2.55. The molecular weight excluding hydrogens is 1550 g/mol. The molecule has 43 heteroatoms. The number of hydrogen-bond donors (Lipinski definition) is 21. The van der Waals surface area contributed by atoms with Gasteiger partial charge in [-0.2, -0.15) is 5.10 Å². The van der Waals surface area contributed by atoms with E-state index in [1.54, 1.807) is 57.0 Å². The van der Waals surface area contributed by atoms with Crippen LogP contribution in [0.4, 0.5) is 5.69 Å². The van der Waals surface area contributed by atoms with E-state index in [-0.39, 0.29) is 62.4 Å². The van der Waals surface area contributed by atoms with Crippen LogP contribution in [0.2, 0.25) is 0 Å². The molecule has 27 N–H and O–H groups in total. The fourth-order valence-electron chi connectivity index (χ4n) is 14.0. The molecule has 4 fully saturated rings. The average Bonchev–Trinajstić information content (AvgIpc) is 1.46. The second-order valence-electron chi connectivity index (χ2n) is 29.2. The fraction of sp³-hybridized carbons (Fsp3) is 0.547. The van der Waals surface area contributed by atoms with E-state index in [0.29, 0.717) is 18.7 Å². The summed E-state index contributed by atoms with van der Waals surface area (Å²) in [6, 6.07) is -0.910. The van der Waals surface area contributed by atoms with Gasteiger partial charge in [0, 0.05) is 118 Å². The lowest BCUT2D eigenvalue weighted by Crippen LogP contribution is -2.66. The van der Waals surface area contributed by atoms with Crippen molar-refractivity contribution >= 4 is 70.4 Å². The molecule has 2 aromatic carbocycles. The summed E-state index contributed by atoms with van der Waals surface area (Å²) in [6.45, 7) is 15.7. The number of piperazine rings is 1. The molecule has 0 radical (unpaired) electrons. The minimum Gasteiger partial charge on any atom is -0.507 e. The Hall–Kier alpha value is -10.3. The number of ketones is 1. The Labute approximate surface area is 677 Å². The van der Waals surface area contributed by atoms with Crippen LogP contribution in [0, 0.1) is 30.6 Å². The summed E-state index contributed by atoms with van der Waals surface area (Å²) in [4.78, 5) is 94.4. The van der Waals surface area contributed by atoms with E-state index in [0.717, 1.165) is 13.1 Å². The van der Waals surface area contributed by atoms with Crippen LogP contribution in [0.1, 0.15) is 97.7 Å². The van der Waals surface area contributed by atoms with Gasteiger partial charge in [-0.1, -0.05) is 45.9 Å². The number of fused-ring (bicyclic) bond motifs is 14. The molecule has 6 aliphatic heterocycles. The van der Waals surface area contributed by atoms with Gasteiger partial charge in [-0.05, 0) is 53.1 Å². The number of aliphatic imine (C=N–C) groups is 2. The standard InChI is InChI=1S/C43H58N4O12.C21H39N7O12.C6H7N3O.C5H5N3O/c1-21-12-11-13-22(2)42(55)45-33-28(20-44-47-17-15-46(9)16-18-47)37(52)30-31(38(33)53)36(51)26(6)40-32(30)41(54)43(8,59-40)57-19-14-29(56-10)23(3)39(58-27(7)48)25(5)35(50)24(4)34(21)49;1-5-21(36,4-30)16(40-17-9(26-2)13(34)10(31)6(3-29)38-17)18(37-5)39-15-8(28-20(24)25)11(32)7(27-19(22)23)12(33)14(15)35;7-9-6(10)5-1-3-8-4-2-5;6-5(9)4-3-7-1-2-8-4/h11-14,19-21,23-25,29,34-35,39,49-53H,15-18H2,1-10H3,(H,45,55);4-18,26,29,31-36H,3H2,1-2H3,(H4,22,23,27)(H4,24,25,28);1-4H,7H2,(H,9,10);1-3H,(H2,6,9)/b12-11+,19-14+,22-13-,44-20-;;;/t21-,23-,24-,25+,29+,34-,35+,39-,43+;5-,6-,7+,8-,9-,10-,11+,12-,13-,14+,15+,16-,17-,18-,21+;;/m10../s1. The second-order valence-corrected chi connectivity index (χ2v) is 29.2. The molecule has 2 aromatic heterocycles. The first-order valence-corrected chi connectivity index (χ1v) is 37.3. The van der Waals surface area contributed by atoms with Crippen molar-refractivity contribution in [2.45, 2.75) is 184 Å². The number of hydrazine groups is 1. The largest absolute Gasteiger partial charge is 0.507 e. The molecule has 24 atom stereocenters. The van der Waals surface area contributed by atoms with Crippen molar-refractivity contribution in [3.05, 3.63) is 107 Å². The van der Waals surface area contributed by atoms with E-state index in [1.165, 1.54) is 104 Å². The number of hydrazone groups is 1. The van der Waals surface area contributed by atoms with Gasteiger partial charge in [-0.15, -0.1) is 0 Å². The number of nitrogens with zero attached hydrogens (tertiary/aromatic N) is 8. The Morgan fingerprint density at radius 1 is 0.763 bits per heavy atom. The summed E-state index contributed by atoms with van der Waals surface area (Å²) in [7, 11) is 4.84. The smallest absolute Gasteiger partial charge is 0.312 e. The number of allylic oxidation sites excluding steroid dienone is 2. The number of carbonyl (C=O) groups excluding carboxylic acids is 6. The molecule has 1 aliphatic carbocycles. The van der Waals surface area contributed by atoms with E-state index < -0.39 is 204 Å². The summed E-state index contributed by atoms with van der Waals surface area (Å²) in [5, 5.41) is 143. The SMILES string of the molecule is CN[C@@H]1[C@H](O[C@H]2[C@H](O[C@H]3[C@H](O)[C@@H](O)[C@H](N=C(N)N)[C@@H](O)[C@@H]3N=C(N)N)O[C@@H](C)[C@]2(O)C=O)O[C@@H](CO)[C@H](O)[C@H]1O.CO[C@H]1/C=C/O[C@@]2(C)Oc3c(C)c(O)c4c(O)c(c(/C=N\N5CCN(C)CC5)c(O)c4c3C2=O)NC(=O)/C(C)=C\C=C\[C@@H](C)[C@@H](O)[C@@H](C)[C@H](O)[C@H](C)[C@H](OC(C)=O)[C@@H]1C.NC(=O)c1cnccn1.NNC(=O)c1ccncc1. The fourth-order valence-corrected chi connectivity index (χ4v) is 14.0. The molecule has 650 valence electrons. The highest BCUT2D eigenvalue weighted by molar-refractivity contribution is 6.24. The number of hydrogen-bond acceptors (Lipinski definition) is 36. The predicted molar refractivity (Wildman–Crippen MR) is 420 cm³/mol. The Morgan fingerprint density at radius 3 is 1.97 bits per heavy atom. The van der Waals surface area contributed by atoms with Crippen LogP contribution < -0.4 is 55.3 Å². The normalized spacial score (nSPS) is 33.5. The summed E-state index contributed by atoms with van der Waals surface area (Å²) in [5.41, 5.74) is 26.6. The number of methoxy groups -OCH3 is 1. The number of esters is 1. The number of rotatable bonds is 15. The van der Waals surface area contributed by atoms with Crippen LogP contribution in [-0.4, -0.2) is 315 Å². The van der Waals surface area contributed by atoms with Gasteiger partial charge in [0.05, 0.1) is 77.9 Å². The zero-order valence-electron chi connectivity index (χ0n) is 66.9. The van der Waals surface area contributed by atoms with Gasteiger partial charge in [0.25, 0.3) is 23.5 Å². The highest BCUT2D eigenvalue weighted by Gasteiger charge is 2.61. The summed E-state index contributed by atoms with van der Waals surface area (Å²) in [5.74, 6) is -5.35. The minimum absolute atomic E-state index is 0.0559. The van der Waals surface area contributed by atoms with Crippen molar-refractivity contribution in [3.63, 3.8) is 0 Å². The lowest BCUT2D eigenvalue weighted by molar-refractivity contribution is -0.314. The third-order valence-electron chi connectivity index (χ3n) is 21.1. The van der Waals surface area contributed by atoms with E-state index in [2.05, 4.69) is 45.6 Å². The lowest BCUT2D eigenvalue weighted by Gasteiger charge is -2.45. The van der Waals surface area contributed by atoms with Crippen molar-refractivity contribution < 1.29 is 128 Å².